The fraction of sp³-hybridized carbons (Fsp3) is 0.938. The van der Waals surface area contributed by atoms with Crippen molar-refractivity contribution in [3.8, 4) is 0 Å². The summed E-state index contributed by atoms with van der Waals surface area (Å²) in [6.45, 7) is 7.55. The summed E-state index contributed by atoms with van der Waals surface area (Å²) in [5, 5.41) is 13.6. The maximum Gasteiger partial charge on any atom is 0.223 e. The van der Waals surface area contributed by atoms with Gasteiger partial charge in [0.05, 0.1) is 6.10 Å². The van der Waals surface area contributed by atoms with Crippen LogP contribution in [0.25, 0.3) is 0 Å². The van der Waals surface area contributed by atoms with Crippen LogP contribution in [0.4, 0.5) is 0 Å². The molecule has 0 aromatic heterocycles. The normalized spacial score (nSPS) is 30.3. The van der Waals surface area contributed by atoms with E-state index in [1.165, 1.54) is 12.8 Å². The highest BCUT2D eigenvalue weighted by atomic mass is 35.5. The molecule has 0 bridgehead atoms. The largest absolute Gasteiger partial charge is 0.391 e. The number of amides is 1. The Kier molecular flexibility index (Phi) is 8.08. The van der Waals surface area contributed by atoms with Crippen LogP contribution in [0.15, 0.2) is 0 Å². The number of aliphatic hydroxyl groups excluding tert-OH is 1. The van der Waals surface area contributed by atoms with Crippen LogP contribution >= 0.6 is 24.8 Å². The predicted octanol–water partition coefficient (Wildman–Crippen LogP) is 1.28. The Morgan fingerprint density at radius 3 is 2.61 bits per heavy atom. The number of hydrogen-bond acceptors (Lipinski definition) is 4. The van der Waals surface area contributed by atoms with Crippen LogP contribution in [0.3, 0.4) is 0 Å². The molecule has 2 saturated heterocycles. The molecule has 2 heterocycles. The van der Waals surface area contributed by atoms with Gasteiger partial charge in [-0.25, -0.2) is 0 Å². The second-order valence-corrected chi connectivity index (χ2v) is 7.23. The number of nitrogens with zero attached hydrogens (tertiary/aromatic N) is 2. The number of nitrogens with one attached hydrogen (secondary N) is 1. The monoisotopic (exact) mass is 367 g/mol. The molecule has 3 rings (SSSR count). The zero-order valence-electron chi connectivity index (χ0n) is 14.0. The average molecular weight is 368 g/mol. The topological polar surface area (TPSA) is 55.8 Å². The van der Waals surface area contributed by atoms with E-state index in [1.54, 1.807) is 0 Å². The molecule has 1 aliphatic carbocycles. The molecule has 136 valence electrons. The maximum atomic E-state index is 12.0. The van der Waals surface area contributed by atoms with Crippen LogP contribution in [-0.4, -0.2) is 72.2 Å². The maximum absolute atomic E-state index is 12.0. The minimum absolute atomic E-state index is 0. The molecule has 0 aromatic rings. The SMILES string of the molecule is C[C@@H]1CN(CCCN2CCC3(CC3)[C@H](O)C2)C(=O)CCN1.Cl.Cl. The van der Waals surface area contributed by atoms with Gasteiger partial charge >= 0.3 is 0 Å². The molecule has 5 nitrogen and oxygen atoms in total. The third-order valence-electron chi connectivity index (χ3n) is 5.54. The number of aliphatic hydroxyl groups is 1. The van der Waals surface area contributed by atoms with E-state index in [0.717, 1.165) is 52.1 Å². The standard InChI is InChI=1S/C16H29N3O2.2ClH/c1-13-11-19(15(21)3-7-17-13)9-2-8-18-10-6-16(4-5-16)14(20)12-18;;/h13-14,17,20H,2-12H2,1H3;2*1H/t13-,14-;;/m1../s1. The van der Waals surface area contributed by atoms with Crippen molar-refractivity contribution in [2.24, 2.45) is 5.41 Å². The van der Waals surface area contributed by atoms with Gasteiger partial charge in [0.1, 0.15) is 0 Å². The molecule has 0 radical (unpaired) electrons. The molecule has 7 heteroatoms. The second-order valence-electron chi connectivity index (χ2n) is 7.23. The van der Waals surface area contributed by atoms with Gasteiger partial charge in [0.15, 0.2) is 0 Å². The van der Waals surface area contributed by atoms with E-state index < -0.39 is 0 Å². The first-order valence-corrected chi connectivity index (χ1v) is 8.51. The van der Waals surface area contributed by atoms with Crippen LogP contribution < -0.4 is 5.32 Å². The molecule has 0 aromatic carbocycles. The first kappa shape index (κ1) is 21.0. The van der Waals surface area contributed by atoms with Crippen molar-refractivity contribution >= 4 is 30.7 Å². The zero-order valence-corrected chi connectivity index (χ0v) is 15.6. The van der Waals surface area contributed by atoms with Crippen molar-refractivity contribution in [3.63, 3.8) is 0 Å². The Morgan fingerprint density at radius 2 is 1.96 bits per heavy atom. The van der Waals surface area contributed by atoms with Gasteiger partial charge in [-0.15, -0.1) is 24.8 Å². The second kappa shape index (κ2) is 8.86. The third kappa shape index (κ3) is 5.20. The summed E-state index contributed by atoms with van der Waals surface area (Å²) in [7, 11) is 0. The molecule has 1 saturated carbocycles. The quantitative estimate of drug-likeness (QED) is 0.785. The summed E-state index contributed by atoms with van der Waals surface area (Å²) in [4.78, 5) is 16.4. The minimum Gasteiger partial charge on any atom is -0.391 e. The van der Waals surface area contributed by atoms with Crippen LogP contribution in [0, 0.1) is 5.41 Å². The van der Waals surface area contributed by atoms with Gasteiger partial charge in [-0.05, 0) is 51.1 Å². The number of carbonyl (C=O) groups excluding carboxylic acids is 1. The van der Waals surface area contributed by atoms with E-state index in [9.17, 15) is 9.90 Å². The Morgan fingerprint density at radius 1 is 1.22 bits per heavy atom. The lowest BCUT2D eigenvalue weighted by Crippen LogP contribution is -2.46. The van der Waals surface area contributed by atoms with Crippen LogP contribution in [0.5, 0.6) is 0 Å². The summed E-state index contributed by atoms with van der Waals surface area (Å²) >= 11 is 0. The van der Waals surface area contributed by atoms with E-state index in [4.69, 9.17) is 0 Å². The van der Waals surface area contributed by atoms with Gasteiger partial charge in [0.25, 0.3) is 0 Å². The first-order valence-electron chi connectivity index (χ1n) is 8.51. The van der Waals surface area contributed by atoms with E-state index in [-0.39, 0.29) is 36.8 Å². The Balaban J connectivity index is 0.00000132. The molecule has 0 unspecified atom stereocenters. The number of carbonyl (C=O) groups is 1. The Bertz CT molecular complexity index is 394. The molecule has 1 amide bonds. The summed E-state index contributed by atoms with van der Waals surface area (Å²) in [5.41, 5.74) is 0.290. The van der Waals surface area contributed by atoms with Gasteiger partial charge in [0, 0.05) is 38.6 Å². The molecule has 2 aliphatic heterocycles. The smallest absolute Gasteiger partial charge is 0.223 e. The number of β-amino-alcohol motifs (C(OH)–C–C–N with tert-alkyl or cyclic N) is 1. The predicted molar refractivity (Wildman–Crippen MR) is 96.5 cm³/mol. The van der Waals surface area contributed by atoms with Crippen molar-refractivity contribution in [2.75, 3.05) is 39.3 Å². The van der Waals surface area contributed by atoms with Gasteiger partial charge in [0.2, 0.25) is 5.91 Å². The molecule has 3 aliphatic rings. The number of hydrogen-bond donors (Lipinski definition) is 2. The molecule has 2 N–H and O–H groups in total. The van der Waals surface area contributed by atoms with Gasteiger partial charge in [-0.1, -0.05) is 0 Å². The highest BCUT2D eigenvalue weighted by molar-refractivity contribution is 5.85. The Labute approximate surface area is 152 Å². The number of likely N-dealkylation sites (tertiary alicyclic amines) is 1. The fourth-order valence-corrected chi connectivity index (χ4v) is 3.81. The van der Waals surface area contributed by atoms with E-state index in [0.29, 0.717) is 17.9 Å². The number of halogens is 2. The molecule has 1 spiro atoms. The van der Waals surface area contributed by atoms with E-state index >= 15 is 0 Å². The fourth-order valence-electron chi connectivity index (χ4n) is 3.81. The molecular formula is C16H31Cl2N3O2. The van der Waals surface area contributed by atoms with Gasteiger partial charge in [-0.3, -0.25) is 4.79 Å². The average Bonchev–Trinajstić information content (AvgIpc) is 3.23. The highest BCUT2D eigenvalue weighted by Gasteiger charge is 2.50. The first-order chi connectivity index (χ1) is 10.1. The molecule has 2 atom stereocenters. The van der Waals surface area contributed by atoms with Crippen molar-refractivity contribution in [1.29, 1.82) is 0 Å². The van der Waals surface area contributed by atoms with Gasteiger partial charge < -0.3 is 20.2 Å². The third-order valence-corrected chi connectivity index (χ3v) is 5.54. The summed E-state index contributed by atoms with van der Waals surface area (Å²) in [5.74, 6) is 0.280. The molecular weight excluding hydrogens is 337 g/mol. The van der Waals surface area contributed by atoms with Crippen molar-refractivity contribution < 1.29 is 9.90 Å². The highest BCUT2D eigenvalue weighted by Crippen LogP contribution is 2.53. The summed E-state index contributed by atoms with van der Waals surface area (Å²) in [6.07, 6.45) is 5.09. The van der Waals surface area contributed by atoms with Crippen LogP contribution in [-0.2, 0) is 4.79 Å². The molecule has 3 fully saturated rings. The minimum atomic E-state index is -0.129. The van der Waals surface area contributed by atoms with Crippen molar-refractivity contribution in [3.05, 3.63) is 0 Å². The summed E-state index contributed by atoms with van der Waals surface area (Å²) in [6, 6.07) is 0.392. The zero-order chi connectivity index (χ0) is 14.9. The van der Waals surface area contributed by atoms with Crippen LogP contribution in [0.1, 0.15) is 39.0 Å². The number of piperidine rings is 1. The lowest BCUT2D eigenvalue weighted by atomic mass is 9.90. The lowest BCUT2D eigenvalue weighted by molar-refractivity contribution is -0.130. The van der Waals surface area contributed by atoms with E-state index in [1.807, 2.05) is 4.90 Å². The molecule has 23 heavy (non-hydrogen) atoms. The number of rotatable bonds is 4. The van der Waals surface area contributed by atoms with Crippen LogP contribution in [0.2, 0.25) is 0 Å². The van der Waals surface area contributed by atoms with E-state index in [2.05, 4.69) is 17.1 Å². The van der Waals surface area contributed by atoms with Gasteiger partial charge in [-0.2, -0.15) is 0 Å². The Hall–Kier alpha value is -0.0700. The lowest BCUT2D eigenvalue weighted by Gasteiger charge is -2.36. The van der Waals surface area contributed by atoms with Crippen molar-refractivity contribution in [2.45, 2.75) is 51.2 Å². The summed E-state index contributed by atoms with van der Waals surface area (Å²) < 4.78 is 0. The van der Waals surface area contributed by atoms with Crippen molar-refractivity contribution in [1.82, 2.24) is 15.1 Å².